The third-order valence-electron chi connectivity index (χ3n) is 6.87. The maximum atomic E-state index is 5.02. The third-order valence-corrected chi connectivity index (χ3v) is 6.87. The molecule has 1 aliphatic rings. The molecular formula is C33H24N4. The second-order valence-electron chi connectivity index (χ2n) is 9.20. The van der Waals surface area contributed by atoms with Gasteiger partial charge in [-0.1, -0.05) is 103 Å². The largest absolute Gasteiger partial charge is 0.310 e. The average Bonchev–Trinajstić information content (AvgIpc) is 3.33. The lowest BCUT2D eigenvalue weighted by molar-refractivity contribution is 1.02. The standard InChI is InChI=1S/C33H24N4/c1-4-13-23(14-5-1)31-34-32(24-15-6-2-7-16-24)36-33(35-31)27-20-12-22-29-30(27)26-19-10-11-21-28(26)37(29)25-17-8-3-9-18-25/h1-2,4-8,10-22H,3,9H2. The van der Waals surface area contributed by atoms with E-state index in [1.807, 2.05) is 60.7 Å². The molecule has 0 N–H and O–H groups in total. The van der Waals surface area contributed by atoms with Gasteiger partial charge in [0, 0.05) is 33.2 Å². The first-order valence-corrected chi connectivity index (χ1v) is 12.6. The van der Waals surface area contributed by atoms with Crippen molar-refractivity contribution in [3.05, 3.63) is 121 Å². The number of benzene rings is 4. The summed E-state index contributed by atoms with van der Waals surface area (Å²) >= 11 is 0. The van der Waals surface area contributed by atoms with Gasteiger partial charge in [-0.3, -0.25) is 0 Å². The van der Waals surface area contributed by atoms with Gasteiger partial charge in [0.2, 0.25) is 0 Å². The molecule has 4 aromatic carbocycles. The summed E-state index contributed by atoms with van der Waals surface area (Å²) in [5, 5.41) is 2.35. The predicted octanol–water partition coefficient (Wildman–Crippen LogP) is 8.17. The molecule has 6 aromatic rings. The van der Waals surface area contributed by atoms with Crippen molar-refractivity contribution >= 4 is 27.5 Å². The predicted molar refractivity (Wildman–Crippen MR) is 152 cm³/mol. The zero-order valence-electron chi connectivity index (χ0n) is 20.3. The van der Waals surface area contributed by atoms with E-state index in [2.05, 4.69) is 65.3 Å². The first-order chi connectivity index (χ1) is 18.4. The SMILES string of the molecule is C1=CC(n2c3ccccc3c3c(-c4nc(-c5ccccc5)nc(-c5ccccc5)n4)cccc32)=CCC1. The zero-order valence-corrected chi connectivity index (χ0v) is 20.3. The van der Waals surface area contributed by atoms with Crippen molar-refractivity contribution in [2.24, 2.45) is 0 Å². The summed E-state index contributed by atoms with van der Waals surface area (Å²) in [6.07, 6.45) is 8.94. The molecule has 4 nitrogen and oxygen atoms in total. The smallest absolute Gasteiger partial charge is 0.164 e. The zero-order chi connectivity index (χ0) is 24.6. The van der Waals surface area contributed by atoms with Gasteiger partial charge in [0.05, 0.1) is 11.0 Å². The van der Waals surface area contributed by atoms with E-state index in [4.69, 9.17) is 15.0 Å². The first-order valence-electron chi connectivity index (χ1n) is 12.6. The monoisotopic (exact) mass is 476 g/mol. The summed E-state index contributed by atoms with van der Waals surface area (Å²) < 4.78 is 2.36. The maximum absolute atomic E-state index is 5.02. The van der Waals surface area contributed by atoms with Crippen LogP contribution in [0.2, 0.25) is 0 Å². The summed E-state index contributed by atoms with van der Waals surface area (Å²) in [4.78, 5) is 14.9. The molecule has 2 heterocycles. The van der Waals surface area contributed by atoms with Gasteiger partial charge in [0.1, 0.15) is 0 Å². The molecule has 0 aliphatic heterocycles. The number of rotatable bonds is 4. The van der Waals surface area contributed by atoms with Crippen molar-refractivity contribution in [1.82, 2.24) is 19.5 Å². The fourth-order valence-corrected chi connectivity index (χ4v) is 5.18. The molecule has 0 spiro atoms. The van der Waals surface area contributed by atoms with E-state index in [-0.39, 0.29) is 0 Å². The van der Waals surface area contributed by atoms with Crippen molar-refractivity contribution in [3.63, 3.8) is 0 Å². The van der Waals surface area contributed by atoms with Crippen LogP contribution in [0.15, 0.2) is 121 Å². The minimum absolute atomic E-state index is 0.670. The molecule has 0 fully saturated rings. The fraction of sp³-hybridized carbons (Fsp3) is 0.0606. The van der Waals surface area contributed by atoms with Gasteiger partial charge < -0.3 is 4.57 Å². The molecule has 7 rings (SSSR count). The Morgan fingerprint density at radius 2 is 1.16 bits per heavy atom. The maximum Gasteiger partial charge on any atom is 0.164 e. The Morgan fingerprint density at radius 1 is 0.541 bits per heavy atom. The average molecular weight is 477 g/mol. The van der Waals surface area contributed by atoms with E-state index in [9.17, 15) is 0 Å². The number of hydrogen-bond donors (Lipinski definition) is 0. The van der Waals surface area contributed by atoms with Crippen molar-refractivity contribution in [3.8, 4) is 34.2 Å². The lowest BCUT2D eigenvalue weighted by Crippen LogP contribution is -2.00. The second-order valence-corrected chi connectivity index (χ2v) is 9.20. The number of fused-ring (bicyclic) bond motifs is 3. The van der Waals surface area contributed by atoms with Crippen LogP contribution in [-0.2, 0) is 0 Å². The van der Waals surface area contributed by atoms with Crippen molar-refractivity contribution in [2.45, 2.75) is 12.8 Å². The van der Waals surface area contributed by atoms with Crippen LogP contribution in [-0.4, -0.2) is 19.5 Å². The molecule has 1 aliphatic carbocycles. The van der Waals surface area contributed by atoms with Crippen LogP contribution in [0.3, 0.4) is 0 Å². The Labute approximate surface area is 215 Å². The molecule has 2 aromatic heterocycles. The third kappa shape index (κ3) is 3.74. The normalized spacial score (nSPS) is 13.2. The fourth-order valence-electron chi connectivity index (χ4n) is 5.18. The topological polar surface area (TPSA) is 43.6 Å². The van der Waals surface area contributed by atoms with Crippen LogP contribution in [0.1, 0.15) is 12.8 Å². The summed E-state index contributed by atoms with van der Waals surface area (Å²) in [6, 6.07) is 35.3. The van der Waals surface area contributed by atoms with Crippen molar-refractivity contribution in [1.29, 1.82) is 0 Å². The summed E-state index contributed by atoms with van der Waals surface area (Å²) in [7, 11) is 0. The lowest BCUT2D eigenvalue weighted by atomic mass is 10.1. The van der Waals surface area contributed by atoms with Gasteiger partial charge >= 0.3 is 0 Å². The number of nitrogens with zero attached hydrogens (tertiary/aromatic N) is 4. The van der Waals surface area contributed by atoms with E-state index in [0.717, 1.165) is 40.4 Å². The van der Waals surface area contributed by atoms with E-state index < -0.39 is 0 Å². The molecule has 0 amide bonds. The Kier molecular flexibility index (Phi) is 5.21. The number of hydrogen-bond acceptors (Lipinski definition) is 3. The highest BCUT2D eigenvalue weighted by Gasteiger charge is 2.19. The van der Waals surface area contributed by atoms with Gasteiger partial charge in [-0.05, 0) is 31.1 Å². The van der Waals surface area contributed by atoms with Gasteiger partial charge in [0.25, 0.3) is 0 Å². The Hall–Kier alpha value is -4.83. The molecule has 0 radical (unpaired) electrons. The molecular weight excluding hydrogens is 452 g/mol. The van der Waals surface area contributed by atoms with Crippen LogP contribution in [0.4, 0.5) is 0 Å². The highest BCUT2D eigenvalue weighted by molar-refractivity contribution is 6.16. The molecule has 176 valence electrons. The van der Waals surface area contributed by atoms with Gasteiger partial charge in [-0.25, -0.2) is 15.0 Å². The van der Waals surface area contributed by atoms with E-state index in [1.54, 1.807) is 0 Å². The van der Waals surface area contributed by atoms with Crippen LogP contribution >= 0.6 is 0 Å². The van der Waals surface area contributed by atoms with Crippen molar-refractivity contribution < 1.29 is 0 Å². The lowest BCUT2D eigenvalue weighted by Gasteiger charge is -2.12. The van der Waals surface area contributed by atoms with Gasteiger partial charge in [0.15, 0.2) is 17.5 Å². The van der Waals surface area contributed by atoms with Crippen molar-refractivity contribution in [2.75, 3.05) is 0 Å². The molecule has 0 bridgehead atoms. The number of aromatic nitrogens is 4. The number of para-hydroxylation sites is 1. The van der Waals surface area contributed by atoms with Crippen LogP contribution in [0, 0.1) is 0 Å². The van der Waals surface area contributed by atoms with Gasteiger partial charge in [-0.2, -0.15) is 0 Å². The Balaban J connectivity index is 1.53. The minimum atomic E-state index is 0.670. The molecule has 0 unspecified atom stereocenters. The summed E-state index contributed by atoms with van der Waals surface area (Å²) in [6.45, 7) is 0. The van der Waals surface area contributed by atoms with Crippen LogP contribution < -0.4 is 0 Å². The second kappa shape index (κ2) is 8.99. The molecule has 0 saturated heterocycles. The summed E-state index contributed by atoms with van der Waals surface area (Å²) in [5.74, 6) is 2.01. The van der Waals surface area contributed by atoms with E-state index in [1.165, 1.54) is 16.6 Å². The molecule has 0 saturated carbocycles. The molecule has 4 heteroatoms. The van der Waals surface area contributed by atoms with E-state index in [0.29, 0.717) is 17.5 Å². The minimum Gasteiger partial charge on any atom is -0.310 e. The Morgan fingerprint density at radius 3 is 1.84 bits per heavy atom. The molecule has 37 heavy (non-hydrogen) atoms. The quantitative estimate of drug-likeness (QED) is 0.258. The Bertz CT molecular complexity index is 1750. The van der Waals surface area contributed by atoms with Crippen LogP contribution in [0.25, 0.3) is 61.7 Å². The highest BCUT2D eigenvalue weighted by atomic mass is 15.0. The number of allylic oxidation sites excluding steroid dienone is 4. The summed E-state index contributed by atoms with van der Waals surface area (Å²) in [5.41, 5.74) is 6.48. The van der Waals surface area contributed by atoms with E-state index >= 15 is 0 Å². The van der Waals surface area contributed by atoms with Crippen LogP contribution in [0.5, 0.6) is 0 Å². The highest BCUT2D eigenvalue weighted by Crippen LogP contribution is 2.38. The first kappa shape index (κ1) is 21.5. The van der Waals surface area contributed by atoms with Gasteiger partial charge in [-0.15, -0.1) is 0 Å². The molecule has 0 atom stereocenters.